The molecule has 0 unspecified atom stereocenters. The molecule has 0 saturated heterocycles. The second kappa shape index (κ2) is 7.97. The van der Waals surface area contributed by atoms with Crippen molar-refractivity contribution in [1.29, 1.82) is 0 Å². The second-order valence-corrected chi connectivity index (χ2v) is 3.85. The molecule has 102 valence electrons. The molecule has 6 nitrogen and oxygen atoms in total. The number of hydrogen-bond donors (Lipinski definition) is 0. The van der Waals surface area contributed by atoms with Crippen LogP contribution in [0.15, 0.2) is 34.5 Å². The summed E-state index contributed by atoms with van der Waals surface area (Å²) in [5.41, 5.74) is 0.946. The van der Waals surface area contributed by atoms with Crippen LogP contribution in [0.1, 0.15) is 25.3 Å². The first-order valence-electron chi connectivity index (χ1n) is 5.98. The van der Waals surface area contributed by atoms with Crippen LogP contribution in [0.5, 0.6) is 5.75 Å². The predicted octanol–water partition coefficient (Wildman–Crippen LogP) is 3.88. The number of benzene rings is 1. The van der Waals surface area contributed by atoms with Crippen molar-refractivity contribution >= 4 is 12.2 Å². The van der Waals surface area contributed by atoms with E-state index in [0.29, 0.717) is 5.75 Å². The van der Waals surface area contributed by atoms with Gasteiger partial charge in [-0.25, -0.2) is 9.59 Å². The number of unbranched alkanes of at least 4 members (excludes halogenated alkanes) is 1. The summed E-state index contributed by atoms with van der Waals surface area (Å²) in [5.74, 6) is 0.350. The molecule has 0 aliphatic carbocycles. The summed E-state index contributed by atoms with van der Waals surface area (Å²) in [5, 5.41) is 6.22. The van der Waals surface area contributed by atoms with Crippen molar-refractivity contribution in [2.24, 2.45) is 10.2 Å². The molecular weight excluding hydrogens is 248 g/mol. The maximum absolute atomic E-state index is 11.3. The lowest BCUT2D eigenvalue weighted by Gasteiger charge is -2.00. The Kier molecular flexibility index (Phi) is 6.21. The number of amides is 2. The van der Waals surface area contributed by atoms with Gasteiger partial charge in [0.25, 0.3) is 0 Å². The first kappa shape index (κ1) is 14.8. The van der Waals surface area contributed by atoms with Crippen LogP contribution in [-0.4, -0.2) is 18.8 Å². The van der Waals surface area contributed by atoms with Crippen LogP contribution in [0.3, 0.4) is 0 Å². The summed E-state index contributed by atoms with van der Waals surface area (Å²) in [6.07, 6.45) is -0.206. The van der Waals surface area contributed by atoms with Crippen LogP contribution < -0.4 is 4.74 Å². The van der Waals surface area contributed by atoms with Gasteiger partial charge >= 0.3 is 12.2 Å². The number of azo groups is 1. The zero-order chi connectivity index (χ0) is 14.1. The molecule has 1 aromatic rings. The highest BCUT2D eigenvalue weighted by molar-refractivity contribution is 5.74. The van der Waals surface area contributed by atoms with E-state index in [0.717, 1.165) is 18.4 Å². The Morgan fingerprint density at radius 2 is 1.95 bits per heavy atom. The SMILES string of the molecule is CCCCOC(=O)/N=N/C(=O)Oc1cccc(C)c1. The maximum Gasteiger partial charge on any atom is 0.458 e. The molecule has 0 spiro atoms. The standard InChI is InChI=1S/C13H16N2O4/c1-3-4-8-18-12(16)14-15-13(17)19-11-7-5-6-10(2)9-11/h5-7,9H,3-4,8H2,1-2H3/b15-14+. The number of hydrogen-bond acceptors (Lipinski definition) is 4. The summed E-state index contributed by atoms with van der Waals surface area (Å²) in [6.45, 7) is 4.10. The number of carbonyl (C=O) groups excluding carboxylic acids is 2. The van der Waals surface area contributed by atoms with Crippen molar-refractivity contribution < 1.29 is 19.1 Å². The van der Waals surface area contributed by atoms with Crippen LogP contribution in [-0.2, 0) is 4.74 Å². The molecule has 0 saturated carbocycles. The zero-order valence-corrected chi connectivity index (χ0v) is 11.0. The van der Waals surface area contributed by atoms with E-state index in [2.05, 4.69) is 10.2 Å². The number of carbonyl (C=O) groups is 2. The van der Waals surface area contributed by atoms with Gasteiger partial charge in [0.05, 0.1) is 6.61 Å². The molecule has 1 rings (SSSR count). The monoisotopic (exact) mass is 264 g/mol. The van der Waals surface area contributed by atoms with Crippen molar-refractivity contribution in [3.05, 3.63) is 29.8 Å². The van der Waals surface area contributed by atoms with Crippen LogP contribution in [0.25, 0.3) is 0 Å². The molecular formula is C13H16N2O4. The van der Waals surface area contributed by atoms with E-state index in [1.165, 1.54) is 0 Å². The third kappa shape index (κ3) is 6.30. The summed E-state index contributed by atoms with van der Waals surface area (Å²) in [4.78, 5) is 22.3. The van der Waals surface area contributed by atoms with Gasteiger partial charge in [-0.2, -0.15) is 0 Å². The van der Waals surface area contributed by atoms with E-state index < -0.39 is 12.2 Å². The number of aryl methyl sites for hydroxylation is 1. The lowest BCUT2D eigenvalue weighted by molar-refractivity contribution is 0.152. The topological polar surface area (TPSA) is 77.3 Å². The average Bonchev–Trinajstić information content (AvgIpc) is 2.37. The maximum atomic E-state index is 11.3. The zero-order valence-electron chi connectivity index (χ0n) is 11.0. The first-order valence-corrected chi connectivity index (χ1v) is 5.98. The fourth-order valence-corrected chi connectivity index (χ4v) is 1.21. The summed E-state index contributed by atoms with van der Waals surface area (Å²) in [7, 11) is 0. The molecule has 0 fully saturated rings. The average molecular weight is 264 g/mol. The van der Waals surface area contributed by atoms with Crippen molar-refractivity contribution in [3.8, 4) is 5.75 Å². The normalized spacial score (nSPS) is 10.4. The Bertz CT molecular complexity index is 471. The third-order valence-electron chi connectivity index (χ3n) is 2.13. The third-order valence-corrected chi connectivity index (χ3v) is 2.13. The van der Waals surface area contributed by atoms with E-state index >= 15 is 0 Å². The van der Waals surface area contributed by atoms with E-state index in [4.69, 9.17) is 9.47 Å². The molecule has 0 aliphatic rings. The summed E-state index contributed by atoms with van der Waals surface area (Å²) in [6, 6.07) is 6.89. The summed E-state index contributed by atoms with van der Waals surface area (Å²) < 4.78 is 9.56. The predicted molar refractivity (Wildman–Crippen MR) is 68.3 cm³/mol. The quantitative estimate of drug-likeness (QED) is 0.610. The highest BCUT2D eigenvalue weighted by Gasteiger charge is 2.05. The van der Waals surface area contributed by atoms with Gasteiger partial charge in [-0.3, -0.25) is 0 Å². The highest BCUT2D eigenvalue weighted by Crippen LogP contribution is 2.12. The lowest BCUT2D eigenvalue weighted by atomic mass is 10.2. The van der Waals surface area contributed by atoms with Gasteiger partial charge in [0.15, 0.2) is 0 Å². The number of rotatable bonds is 4. The minimum absolute atomic E-state index is 0.265. The molecule has 19 heavy (non-hydrogen) atoms. The van der Waals surface area contributed by atoms with Crippen molar-refractivity contribution in [1.82, 2.24) is 0 Å². The Morgan fingerprint density at radius 3 is 2.63 bits per heavy atom. The summed E-state index contributed by atoms with van der Waals surface area (Å²) >= 11 is 0. The number of ether oxygens (including phenoxy) is 2. The van der Waals surface area contributed by atoms with Crippen molar-refractivity contribution in [3.63, 3.8) is 0 Å². The number of nitrogens with zero attached hydrogens (tertiary/aromatic N) is 2. The largest absolute Gasteiger partial charge is 0.458 e. The van der Waals surface area contributed by atoms with Gasteiger partial charge in [-0.05, 0) is 31.0 Å². The second-order valence-electron chi connectivity index (χ2n) is 3.85. The Hall–Kier alpha value is -2.24. The van der Waals surface area contributed by atoms with Crippen molar-refractivity contribution in [2.75, 3.05) is 6.61 Å². The van der Waals surface area contributed by atoms with Crippen LogP contribution in [0.4, 0.5) is 9.59 Å². The van der Waals surface area contributed by atoms with Gasteiger partial charge in [0, 0.05) is 0 Å². The van der Waals surface area contributed by atoms with E-state index in [9.17, 15) is 9.59 Å². The van der Waals surface area contributed by atoms with Gasteiger partial charge in [-0.1, -0.05) is 35.7 Å². The smallest absolute Gasteiger partial charge is 0.447 e. The lowest BCUT2D eigenvalue weighted by Crippen LogP contribution is -2.04. The van der Waals surface area contributed by atoms with Gasteiger partial charge in [-0.15, -0.1) is 0 Å². The molecule has 0 radical (unpaired) electrons. The molecule has 2 amide bonds. The van der Waals surface area contributed by atoms with E-state index in [-0.39, 0.29) is 6.61 Å². The van der Waals surface area contributed by atoms with Crippen LogP contribution in [0.2, 0.25) is 0 Å². The molecule has 0 heterocycles. The molecule has 0 aliphatic heterocycles. The minimum Gasteiger partial charge on any atom is -0.447 e. The highest BCUT2D eigenvalue weighted by atomic mass is 16.6. The Morgan fingerprint density at radius 1 is 1.21 bits per heavy atom. The van der Waals surface area contributed by atoms with Gasteiger partial charge in [0.2, 0.25) is 0 Å². The molecule has 0 N–H and O–H groups in total. The van der Waals surface area contributed by atoms with E-state index in [1.54, 1.807) is 18.2 Å². The molecule has 6 heteroatoms. The van der Waals surface area contributed by atoms with Gasteiger partial charge < -0.3 is 9.47 Å². The van der Waals surface area contributed by atoms with Crippen molar-refractivity contribution in [2.45, 2.75) is 26.7 Å². The van der Waals surface area contributed by atoms with Gasteiger partial charge in [0.1, 0.15) is 5.75 Å². The molecule has 0 aromatic heterocycles. The fraction of sp³-hybridized carbons (Fsp3) is 0.385. The molecule has 0 atom stereocenters. The molecule has 1 aromatic carbocycles. The first-order chi connectivity index (χ1) is 9.11. The fourth-order valence-electron chi connectivity index (χ4n) is 1.21. The Balaban J connectivity index is 2.40. The Labute approximate surface area is 111 Å². The van der Waals surface area contributed by atoms with Crippen LogP contribution in [0, 0.1) is 6.92 Å². The minimum atomic E-state index is -0.960. The molecule has 0 bridgehead atoms. The van der Waals surface area contributed by atoms with E-state index in [1.807, 2.05) is 19.9 Å². The van der Waals surface area contributed by atoms with Crippen LogP contribution >= 0.6 is 0 Å².